The van der Waals surface area contributed by atoms with Gasteiger partial charge >= 0.3 is 12.1 Å². The van der Waals surface area contributed by atoms with Crippen molar-refractivity contribution in [2.45, 2.75) is 32.1 Å². The number of benzene rings is 2. The second kappa shape index (κ2) is 8.49. The summed E-state index contributed by atoms with van der Waals surface area (Å²) in [6.07, 6.45) is -4.69. The predicted molar refractivity (Wildman–Crippen MR) is 88.3 cm³/mol. The van der Waals surface area contributed by atoms with Crippen molar-refractivity contribution in [1.82, 2.24) is 0 Å². The Morgan fingerprint density at radius 2 is 1.35 bits per heavy atom. The molecule has 0 aromatic heterocycles. The summed E-state index contributed by atoms with van der Waals surface area (Å²) in [5.41, 5.74) is 2.33. The van der Waals surface area contributed by atoms with Crippen molar-refractivity contribution in [2.24, 2.45) is 0 Å². The lowest BCUT2D eigenvalue weighted by molar-refractivity contribution is -0.297. The normalized spacial score (nSPS) is 12.2. The van der Waals surface area contributed by atoms with Crippen molar-refractivity contribution in [3.05, 3.63) is 54.1 Å². The van der Waals surface area contributed by atoms with Gasteiger partial charge in [0.05, 0.1) is 13.2 Å². The maximum Gasteiger partial charge on any atom is 0.455 e. The van der Waals surface area contributed by atoms with Gasteiger partial charge in [-0.3, -0.25) is 0 Å². The lowest BCUT2D eigenvalue weighted by Gasteiger charge is -2.19. The smallest absolute Gasteiger partial charge is 0.455 e. The standard InChI is InChI=1S/C19H19F5O2/c1-2-11-26-17-9-7-16(8-10-17)15-5-3-14(4-6-15)12-25-13-18(20,21)19(22,23)24/h3-10H,2,11-13H2,1H3. The van der Waals surface area contributed by atoms with Crippen LogP contribution in [0.1, 0.15) is 18.9 Å². The summed E-state index contributed by atoms with van der Waals surface area (Å²) in [7, 11) is 0. The van der Waals surface area contributed by atoms with Crippen LogP contribution in [0.3, 0.4) is 0 Å². The third-order valence-corrected chi connectivity index (χ3v) is 3.58. The van der Waals surface area contributed by atoms with Crippen molar-refractivity contribution < 1.29 is 31.4 Å². The van der Waals surface area contributed by atoms with E-state index in [0.29, 0.717) is 12.2 Å². The molecule has 0 radical (unpaired) electrons. The van der Waals surface area contributed by atoms with Crippen molar-refractivity contribution >= 4 is 0 Å². The average molecular weight is 374 g/mol. The average Bonchev–Trinajstić information content (AvgIpc) is 2.60. The Kier molecular flexibility index (Phi) is 6.58. The van der Waals surface area contributed by atoms with Gasteiger partial charge in [0.1, 0.15) is 12.4 Å². The summed E-state index contributed by atoms with van der Waals surface area (Å²) >= 11 is 0. The van der Waals surface area contributed by atoms with Crippen molar-refractivity contribution in [2.75, 3.05) is 13.2 Å². The van der Waals surface area contributed by atoms with Crippen LogP contribution >= 0.6 is 0 Å². The Morgan fingerprint density at radius 1 is 0.808 bits per heavy atom. The molecule has 2 rings (SSSR count). The van der Waals surface area contributed by atoms with Crippen LogP contribution in [0.5, 0.6) is 5.75 Å². The molecule has 0 amide bonds. The zero-order chi connectivity index (χ0) is 19.2. The molecule has 0 aliphatic heterocycles. The highest BCUT2D eigenvalue weighted by molar-refractivity contribution is 5.64. The van der Waals surface area contributed by atoms with E-state index in [1.54, 1.807) is 24.3 Å². The molecule has 2 aromatic carbocycles. The van der Waals surface area contributed by atoms with Gasteiger partial charge in [-0.1, -0.05) is 43.3 Å². The second-order valence-corrected chi connectivity index (χ2v) is 5.76. The Balaban J connectivity index is 1.92. The highest BCUT2D eigenvalue weighted by atomic mass is 19.4. The van der Waals surface area contributed by atoms with Gasteiger partial charge in [0.15, 0.2) is 0 Å². The van der Waals surface area contributed by atoms with E-state index < -0.39 is 18.7 Å². The van der Waals surface area contributed by atoms with Crippen LogP contribution in [0, 0.1) is 0 Å². The SMILES string of the molecule is CCCOc1ccc(-c2ccc(COCC(F)(F)C(F)(F)F)cc2)cc1. The molecule has 0 N–H and O–H groups in total. The molecule has 0 unspecified atom stereocenters. The summed E-state index contributed by atoms with van der Waals surface area (Å²) in [6.45, 7) is 0.637. The monoisotopic (exact) mass is 374 g/mol. The van der Waals surface area contributed by atoms with E-state index in [1.807, 2.05) is 31.2 Å². The van der Waals surface area contributed by atoms with Crippen LogP contribution in [0.25, 0.3) is 11.1 Å². The van der Waals surface area contributed by atoms with Crippen LogP contribution in [-0.2, 0) is 11.3 Å². The first-order valence-electron chi connectivity index (χ1n) is 8.07. The molecule has 0 saturated carbocycles. The highest BCUT2D eigenvalue weighted by Gasteiger charge is 2.57. The zero-order valence-corrected chi connectivity index (χ0v) is 14.2. The van der Waals surface area contributed by atoms with Crippen molar-refractivity contribution in [3.63, 3.8) is 0 Å². The first-order valence-corrected chi connectivity index (χ1v) is 8.07. The number of ether oxygens (including phenoxy) is 2. The molecule has 2 aromatic rings. The van der Waals surface area contributed by atoms with Crippen molar-refractivity contribution in [1.29, 1.82) is 0 Å². The molecule has 0 saturated heterocycles. The van der Waals surface area contributed by atoms with Crippen LogP contribution in [0.2, 0.25) is 0 Å². The molecule has 0 atom stereocenters. The molecule has 0 spiro atoms. The van der Waals surface area contributed by atoms with Crippen LogP contribution in [0.15, 0.2) is 48.5 Å². The molecular weight excluding hydrogens is 355 g/mol. The molecule has 0 aliphatic rings. The predicted octanol–water partition coefficient (Wildman–Crippen LogP) is 5.86. The topological polar surface area (TPSA) is 18.5 Å². The van der Waals surface area contributed by atoms with Crippen LogP contribution in [-0.4, -0.2) is 25.3 Å². The van der Waals surface area contributed by atoms with Gasteiger partial charge in [-0.2, -0.15) is 22.0 Å². The van der Waals surface area contributed by atoms with E-state index in [4.69, 9.17) is 4.74 Å². The van der Waals surface area contributed by atoms with E-state index in [2.05, 4.69) is 4.74 Å². The minimum absolute atomic E-state index is 0.324. The zero-order valence-electron chi connectivity index (χ0n) is 14.2. The first-order chi connectivity index (χ1) is 12.2. The third-order valence-electron chi connectivity index (χ3n) is 3.58. The van der Waals surface area contributed by atoms with Gasteiger partial charge in [-0.05, 0) is 35.2 Å². The summed E-state index contributed by atoms with van der Waals surface area (Å²) < 4.78 is 71.7. The van der Waals surface area contributed by atoms with Crippen molar-refractivity contribution in [3.8, 4) is 16.9 Å². The second-order valence-electron chi connectivity index (χ2n) is 5.76. The summed E-state index contributed by atoms with van der Waals surface area (Å²) in [4.78, 5) is 0. The van der Waals surface area contributed by atoms with E-state index in [0.717, 1.165) is 23.3 Å². The molecule has 26 heavy (non-hydrogen) atoms. The van der Waals surface area contributed by atoms with E-state index in [9.17, 15) is 22.0 Å². The largest absolute Gasteiger partial charge is 0.494 e. The molecule has 142 valence electrons. The highest BCUT2D eigenvalue weighted by Crippen LogP contribution is 2.35. The minimum Gasteiger partial charge on any atom is -0.494 e. The summed E-state index contributed by atoms with van der Waals surface area (Å²) in [6, 6.07) is 14.2. The molecule has 0 heterocycles. The molecule has 2 nitrogen and oxygen atoms in total. The lowest BCUT2D eigenvalue weighted by Crippen LogP contribution is -2.40. The lowest BCUT2D eigenvalue weighted by atomic mass is 10.0. The number of hydrogen-bond acceptors (Lipinski definition) is 2. The van der Waals surface area contributed by atoms with Gasteiger partial charge in [0.2, 0.25) is 0 Å². The number of hydrogen-bond donors (Lipinski definition) is 0. The maximum absolute atomic E-state index is 12.8. The first kappa shape index (κ1) is 20.2. The van der Waals surface area contributed by atoms with Crippen LogP contribution in [0.4, 0.5) is 22.0 Å². The van der Waals surface area contributed by atoms with E-state index >= 15 is 0 Å². The third kappa shape index (κ3) is 5.42. The Morgan fingerprint density at radius 3 is 1.85 bits per heavy atom. The Hall–Kier alpha value is -2.15. The quantitative estimate of drug-likeness (QED) is 0.539. The Labute approximate surface area is 148 Å². The van der Waals surface area contributed by atoms with E-state index in [-0.39, 0.29) is 6.61 Å². The number of halogens is 5. The fourth-order valence-electron chi connectivity index (χ4n) is 2.14. The fourth-order valence-corrected chi connectivity index (χ4v) is 2.14. The summed E-state index contributed by atoms with van der Waals surface area (Å²) in [5, 5.41) is 0. The molecule has 7 heteroatoms. The van der Waals surface area contributed by atoms with Gasteiger partial charge in [-0.25, -0.2) is 0 Å². The van der Waals surface area contributed by atoms with Crippen LogP contribution < -0.4 is 4.74 Å². The minimum atomic E-state index is -5.61. The van der Waals surface area contributed by atoms with Gasteiger partial charge < -0.3 is 9.47 Å². The molecular formula is C19H19F5O2. The maximum atomic E-state index is 12.8. The molecule has 0 fully saturated rings. The van der Waals surface area contributed by atoms with E-state index in [1.165, 1.54) is 0 Å². The molecule has 0 bridgehead atoms. The fraction of sp³-hybridized carbons (Fsp3) is 0.368. The molecule has 0 aliphatic carbocycles. The Bertz CT molecular complexity index is 679. The number of rotatable bonds is 8. The van der Waals surface area contributed by atoms with Gasteiger partial charge in [-0.15, -0.1) is 0 Å². The van der Waals surface area contributed by atoms with Gasteiger partial charge in [0, 0.05) is 0 Å². The number of alkyl halides is 5. The summed E-state index contributed by atoms with van der Waals surface area (Å²) in [5.74, 6) is -4.08. The van der Waals surface area contributed by atoms with Gasteiger partial charge in [0.25, 0.3) is 0 Å².